The van der Waals surface area contributed by atoms with Gasteiger partial charge < -0.3 is 11.5 Å². The molecule has 0 amide bonds. The van der Waals surface area contributed by atoms with E-state index in [-0.39, 0.29) is 12.2 Å². The lowest BCUT2D eigenvalue weighted by Crippen LogP contribution is -2.03. The molecule has 0 aromatic heterocycles. The predicted molar refractivity (Wildman–Crippen MR) is 38.7 cm³/mol. The molecule has 0 aliphatic heterocycles. The number of halogens is 2. The SMILES string of the molecule is NCc1cc(F)c(F)cc1N. The molecule has 4 heteroatoms. The van der Waals surface area contributed by atoms with Crippen LogP contribution in [0.1, 0.15) is 5.56 Å². The van der Waals surface area contributed by atoms with Gasteiger partial charge in [0.2, 0.25) is 0 Å². The number of nitrogen functional groups attached to an aromatic ring is 1. The third kappa shape index (κ3) is 1.46. The van der Waals surface area contributed by atoms with Crippen LogP contribution in [0.25, 0.3) is 0 Å². The fourth-order valence-corrected chi connectivity index (χ4v) is 0.780. The minimum atomic E-state index is -0.945. The number of nitrogens with two attached hydrogens (primary N) is 2. The van der Waals surface area contributed by atoms with E-state index in [0.29, 0.717) is 5.56 Å². The average Bonchev–Trinajstić information content (AvgIpc) is 1.97. The van der Waals surface area contributed by atoms with E-state index in [1.54, 1.807) is 0 Å². The first-order valence-electron chi connectivity index (χ1n) is 3.08. The van der Waals surface area contributed by atoms with Gasteiger partial charge in [-0.25, -0.2) is 8.78 Å². The van der Waals surface area contributed by atoms with Gasteiger partial charge in [0.1, 0.15) is 0 Å². The van der Waals surface area contributed by atoms with Gasteiger partial charge >= 0.3 is 0 Å². The van der Waals surface area contributed by atoms with Crippen molar-refractivity contribution >= 4 is 5.69 Å². The first-order valence-corrected chi connectivity index (χ1v) is 3.08. The summed E-state index contributed by atoms with van der Waals surface area (Å²) in [6.45, 7) is 0.114. The van der Waals surface area contributed by atoms with Crippen molar-refractivity contribution in [2.75, 3.05) is 5.73 Å². The molecule has 2 nitrogen and oxygen atoms in total. The monoisotopic (exact) mass is 158 g/mol. The highest BCUT2D eigenvalue weighted by Crippen LogP contribution is 2.15. The van der Waals surface area contributed by atoms with Gasteiger partial charge in [-0.15, -0.1) is 0 Å². The normalized spacial score (nSPS) is 10.1. The Labute approximate surface area is 62.8 Å². The maximum Gasteiger partial charge on any atom is 0.160 e. The van der Waals surface area contributed by atoms with Crippen LogP contribution < -0.4 is 11.5 Å². The van der Waals surface area contributed by atoms with E-state index in [2.05, 4.69) is 0 Å². The van der Waals surface area contributed by atoms with E-state index in [1.165, 1.54) is 0 Å². The van der Waals surface area contributed by atoms with Crippen molar-refractivity contribution in [3.8, 4) is 0 Å². The summed E-state index contributed by atoms with van der Waals surface area (Å²) >= 11 is 0. The van der Waals surface area contributed by atoms with Gasteiger partial charge in [0.25, 0.3) is 0 Å². The second-order valence-electron chi connectivity index (χ2n) is 2.17. The molecule has 0 atom stereocenters. The molecule has 11 heavy (non-hydrogen) atoms. The largest absolute Gasteiger partial charge is 0.398 e. The molecule has 0 saturated heterocycles. The molecule has 0 saturated carbocycles. The van der Waals surface area contributed by atoms with Gasteiger partial charge in [0, 0.05) is 18.3 Å². The molecule has 0 fully saturated rings. The van der Waals surface area contributed by atoms with Crippen molar-refractivity contribution in [2.24, 2.45) is 5.73 Å². The third-order valence-electron chi connectivity index (χ3n) is 1.40. The Morgan fingerprint density at radius 2 is 1.73 bits per heavy atom. The molecule has 0 spiro atoms. The summed E-state index contributed by atoms with van der Waals surface area (Å²) in [6, 6.07) is 1.93. The van der Waals surface area contributed by atoms with Crippen molar-refractivity contribution in [1.82, 2.24) is 0 Å². The zero-order valence-electron chi connectivity index (χ0n) is 5.77. The molecule has 0 aliphatic rings. The maximum atomic E-state index is 12.5. The average molecular weight is 158 g/mol. The highest BCUT2D eigenvalue weighted by Gasteiger charge is 2.05. The van der Waals surface area contributed by atoms with Gasteiger partial charge in [-0.1, -0.05) is 0 Å². The maximum absolute atomic E-state index is 12.5. The zero-order valence-corrected chi connectivity index (χ0v) is 5.77. The summed E-state index contributed by atoms with van der Waals surface area (Å²) in [5.41, 5.74) is 11.1. The number of rotatable bonds is 1. The molecule has 1 aromatic rings. The molecule has 0 aliphatic carbocycles. The molecular formula is C7H8F2N2. The van der Waals surface area contributed by atoms with Crippen LogP contribution in [0.4, 0.5) is 14.5 Å². The highest BCUT2D eigenvalue weighted by molar-refractivity contribution is 5.47. The van der Waals surface area contributed by atoms with Crippen molar-refractivity contribution in [3.63, 3.8) is 0 Å². The number of hydrogen-bond acceptors (Lipinski definition) is 2. The van der Waals surface area contributed by atoms with Crippen LogP contribution in [0.3, 0.4) is 0 Å². The molecule has 1 rings (SSSR count). The Morgan fingerprint density at radius 3 is 2.27 bits per heavy atom. The van der Waals surface area contributed by atoms with E-state index >= 15 is 0 Å². The summed E-state index contributed by atoms with van der Waals surface area (Å²) in [7, 11) is 0. The molecule has 0 unspecified atom stereocenters. The Bertz CT molecular complexity index is 273. The molecular weight excluding hydrogens is 150 g/mol. The molecule has 0 heterocycles. The van der Waals surface area contributed by atoms with Crippen molar-refractivity contribution in [2.45, 2.75) is 6.54 Å². The van der Waals surface area contributed by atoms with Crippen LogP contribution in [0.15, 0.2) is 12.1 Å². The first kappa shape index (κ1) is 7.94. The van der Waals surface area contributed by atoms with Gasteiger partial charge in [-0.2, -0.15) is 0 Å². The van der Waals surface area contributed by atoms with Crippen LogP contribution in [-0.2, 0) is 6.54 Å². The minimum absolute atomic E-state index is 0.114. The second kappa shape index (κ2) is 2.84. The molecule has 1 aromatic carbocycles. The van der Waals surface area contributed by atoms with E-state index in [0.717, 1.165) is 12.1 Å². The van der Waals surface area contributed by atoms with Gasteiger partial charge in [0.15, 0.2) is 11.6 Å². The Balaban J connectivity index is 3.21. The quantitative estimate of drug-likeness (QED) is 0.599. The number of anilines is 1. The Hall–Kier alpha value is -1.16. The number of benzene rings is 1. The van der Waals surface area contributed by atoms with Crippen molar-refractivity contribution < 1.29 is 8.78 Å². The summed E-state index contributed by atoms with van der Waals surface area (Å²) < 4.78 is 24.9. The summed E-state index contributed by atoms with van der Waals surface area (Å²) in [5, 5.41) is 0. The Morgan fingerprint density at radius 1 is 1.18 bits per heavy atom. The van der Waals surface area contributed by atoms with Crippen LogP contribution in [0.2, 0.25) is 0 Å². The standard InChI is InChI=1S/C7H8F2N2/c8-5-1-4(3-10)7(11)2-6(5)9/h1-2H,3,10-11H2. The molecule has 60 valence electrons. The van der Waals surface area contributed by atoms with Crippen LogP contribution in [-0.4, -0.2) is 0 Å². The Kier molecular flexibility index (Phi) is 2.05. The van der Waals surface area contributed by atoms with Crippen LogP contribution in [0, 0.1) is 11.6 Å². The van der Waals surface area contributed by atoms with E-state index < -0.39 is 11.6 Å². The van der Waals surface area contributed by atoms with Crippen LogP contribution in [0.5, 0.6) is 0 Å². The molecule has 0 radical (unpaired) electrons. The molecule has 4 N–H and O–H groups in total. The van der Waals surface area contributed by atoms with Gasteiger partial charge in [-0.05, 0) is 11.6 Å². The fourth-order valence-electron chi connectivity index (χ4n) is 0.780. The topological polar surface area (TPSA) is 52.0 Å². The fraction of sp³-hybridized carbons (Fsp3) is 0.143. The summed E-state index contributed by atoms with van der Waals surface area (Å²) in [6.07, 6.45) is 0. The second-order valence-corrected chi connectivity index (χ2v) is 2.17. The minimum Gasteiger partial charge on any atom is -0.398 e. The smallest absolute Gasteiger partial charge is 0.160 e. The lowest BCUT2D eigenvalue weighted by molar-refractivity contribution is 0.508. The predicted octanol–water partition coefficient (Wildman–Crippen LogP) is 1.01. The zero-order chi connectivity index (χ0) is 8.43. The van der Waals surface area contributed by atoms with Crippen LogP contribution >= 0.6 is 0 Å². The third-order valence-corrected chi connectivity index (χ3v) is 1.40. The van der Waals surface area contributed by atoms with E-state index in [9.17, 15) is 8.78 Å². The van der Waals surface area contributed by atoms with Crippen molar-refractivity contribution in [1.29, 1.82) is 0 Å². The van der Waals surface area contributed by atoms with E-state index in [4.69, 9.17) is 11.5 Å². The summed E-state index contributed by atoms with van der Waals surface area (Å²) in [4.78, 5) is 0. The van der Waals surface area contributed by atoms with E-state index in [1.807, 2.05) is 0 Å². The lowest BCUT2D eigenvalue weighted by atomic mass is 10.2. The molecule has 0 bridgehead atoms. The number of hydrogen-bond donors (Lipinski definition) is 2. The first-order chi connectivity index (χ1) is 5.15. The highest BCUT2D eigenvalue weighted by atomic mass is 19.2. The summed E-state index contributed by atoms with van der Waals surface area (Å²) in [5.74, 6) is -1.86. The van der Waals surface area contributed by atoms with Crippen molar-refractivity contribution in [3.05, 3.63) is 29.3 Å². The van der Waals surface area contributed by atoms with Gasteiger partial charge in [-0.3, -0.25) is 0 Å². The van der Waals surface area contributed by atoms with Gasteiger partial charge in [0.05, 0.1) is 0 Å². The lowest BCUT2D eigenvalue weighted by Gasteiger charge is -2.02.